The third kappa shape index (κ3) is 3.46. The second-order valence-corrected chi connectivity index (χ2v) is 5.40. The maximum Gasteiger partial charge on any atom is 0.258 e. The van der Waals surface area contributed by atoms with E-state index in [1.54, 1.807) is 36.4 Å². The van der Waals surface area contributed by atoms with Crippen LogP contribution in [0.25, 0.3) is 5.82 Å². The molecule has 7 nitrogen and oxygen atoms in total. The van der Waals surface area contributed by atoms with Crippen LogP contribution in [-0.2, 0) is 0 Å². The summed E-state index contributed by atoms with van der Waals surface area (Å²) in [6.45, 7) is 0. The van der Waals surface area contributed by atoms with E-state index in [2.05, 4.69) is 15.3 Å². The summed E-state index contributed by atoms with van der Waals surface area (Å²) in [5, 5.41) is 2.78. The van der Waals surface area contributed by atoms with Gasteiger partial charge in [-0.3, -0.25) is 4.79 Å². The Balaban J connectivity index is 1.44. The van der Waals surface area contributed by atoms with E-state index in [0.29, 0.717) is 28.7 Å². The highest BCUT2D eigenvalue weighted by Crippen LogP contribution is 2.22. The minimum Gasteiger partial charge on any atom is -0.472 e. The maximum absolute atomic E-state index is 12.0. The molecular formula is C19H14N4O3. The largest absolute Gasteiger partial charge is 0.472 e. The topological polar surface area (TPSA) is 82.2 Å². The molecule has 4 aromatic rings. The molecule has 3 aromatic heterocycles. The first-order valence-electron chi connectivity index (χ1n) is 7.85. The van der Waals surface area contributed by atoms with Crippen molar-refractivity contribution >= 4 is 11.6 Å². The van der Waals surface area contributed by atoms with Gasteiger partial charge in [-0.25, -0.2) is 9.97 Å². The van der Waals surface area contributed by atoms with Crippen LogP contribution in [0.5, 0.6) is 11.6 Å². The second-order valence-electron chi connectivity index (χ2n) is 5.40. The number of benzene rings is 1. The van der Waals surface area contributed by atoms with E-state index in [-0.39, 0.29) is 5.91 Å². The molecule has 0 aliphatic carbocycles. The third-order valence-electron chi connectivity index (χ3n) is 3.61. The molecule has 1 aromatic carbocycles. The molecule has 7 heteroatoms. The molecule has 0 radical (unpaired) electrons. The fourth-order valence-corrected chi connectivity index (χ4v) is 2.34. The molecule has 3 heterocycles. The van der Waals surface area contributed by atoms with E-state index in [0.717, 1.165) is 0 Å². The van der Waals surface area contributed by atoms with Crippen LogP contribution in [0.15, 0.2) is 84.2 Å². The first kappa shape index (κ1) is 15.6. The number of furan rings is 1. The normalized spacial score (nSPS) is 10.5. The number of carbonyl (C=O) groups is 1. The van der Waals surface area contributed by atoms with Gasteiger partial charge in [-0.2, -0.15) is 0 Å². The van der Waals surface area contributed by atoms with E-state index in [1.807, 2.05) is 29.1 Å². The van der Waals surface area contributed by atoms with Crippen LogP contribution >= 0.6 is 0 Å². The van der Waals surface area contributed by atoms with Crippen LogP contribution in [0.1, 0.15) is 10.4 Å². The van der Waals surface area contributed by atoms with Gasteiger partial charge in [-0.15, -0.1) is 0 Å². The molecule has 0 spiro atoms. The SMILES string of the molecule is O=C(Nc1ccc(Oc2cc(-n3cccc3)ncn2)cc1)c1ccoc1. The molecule has 0 bridgehead atoms. The van der Waals surface area contributed by atoms with Crippen LogP contribution < -0.4 is 10.1 Å². The predicted molar refractivity (Wildman–Crippen MR) is 94.5 cm³/mol. The van der Waals surface area contributed by atoms with E-state index >= 15 is 0 Å². The van der Waals surface area contributed by atoms with Gasteiger partial charge in [0, 0.05) is 24.1 Å². The molecule has 26 heavy (non-hydrogen) atoms. The molecule has 4 rings (SSSR count). The number of hydrogen-bond donors (Lipinski definition) is 1. The number of ether oxygens (including phenoxy) is 1. The van der Waals surface area contributed by atoms with E-state index in [9.17, 15) is 4.79 Å². The maximum atomic E-state index is 12.0. The Morgan fingerprint density at radius 2 is 1.88 bits per heavy atom. The summed E-state index contributed by atoms with van der Waals surface area (Å²) in [7, 11) is 0. The average Bonchev–Trinajstić information content (AvgIpc) is 3.38. The van der Waals surface area contributed by atoms with Crippen LogP contribution in [0.3, 0.4) is 0 Å². The molecule has 0 aliphatic heterocycles. The van der Waals surface area contributed by atoms with Crippen molar-refractivity contribution in [3.63, 3.8) is 0 Å². The standard InChI is InChI=1S/C19H14N4O3/c24-19(14-7-10-25-12-14)22-15-3-5-16(6-4-15)26-18-11-17(20-13-21-18)23-8-1-2-9-23/h1-13H,(H,22,24). The Bertz CT molecular complexity index is 994. The number of amides is 1. The zero-order valence-corrected chi connectivity index (χ0v) is 13.6. The van der Waals surface area contributed by atoms with Gasteiger partial charge >= 0.3 is 0 Å². The van der Waals surface area contributed by atoms with Gasteiger partial charge in [0.1, 0.15) is 24.2 Å². The van der Waals surface area contributed by atoms with Crippen molar-refractivity contribution in [2.75, 3.05) is 5.32 Å². The van der Waals surface area contributed by atoms with Crippen molar-refractivity contribution in [3.8, 4) is 17.4 Å². The van der Waals surface area contributed by atoms with Gasteiger partial charge in [0.15, 0.2) is 0 Å². The lowest BCUT2D eigenvalue weighted by molar-refractivity contribution is 0.102. The molecule has 1 amide bonds. The summed E-state index contributed by atoms with van der Waals surface area (Å²) >= 11 is 0. The first-order valence-corrected chi connectivity index (χ1v) is 7.85. The van der Waals surface area contributed by atoms with E-state index < -0.39 is 0 Å². The van der Waals surface area contributed by atoms with Crippen molar-refractivity contribution in [1.29, 1.82) is 0 Å². The summed E-state index contributed by atoms with van der Waals surface area (Å²) in [5.41, 5.74) is 1.11. The van der Waals surface area contributed by atoms with Gasteiger partial charge in [-0.05, 0) is 42.5 Å². The van der Waals surface area contributed by atoms with Crippen molar-refractivity contribution in [2.45, 2.75) is 0 Å². The number of rotatable bonds is 5. The second kappa shape index (κ2) is 6.94. The molecule has 0 atom stereocenters. The van der Waals surface area contributed by atoms with Gasteiger partial charge in [0.2, 0.25) is 5.88 Å². The first-order chi connectivity index (χ1) is 12.8. The van der Waals surface area contributed by atoms with E-state index in [1.165, 1.54) is 18.9 Å². The Hall–Kier alpha value is -3.87. The summed E-state index contributed by atoms with van der Waals surface area (Å²) in [5.74, 6) is 1.51. The molecular weight excluding hydrogens is 332 g/mol. The molecule has 0 fully saturated rings. The molecule has 0 unspecified atom stereocenters. The lowest BCUT2D eigenvalue weighted by atomic mass is 10.2. The fraction of sp³-hybridized carbons (Fsp3) is 0. The van der Waals surface area contributed by atoms with E-state index in [4.69, 9.17) is 9.15 Å². The highest BCUT2D eigenvalue weighted by atomic mass is 16.5. The molecule has 0 aliphatic rings. The third-order valence-corrected chi connectivity index (χ3v) is 3.61. The highest BCUT2D eigenvalue weighted by molar-refractivity contribution is 6.03. The smallest absolute Gasteiger partial charge is 0.258 e. The monoisotopic (exact) mass is 346 g/mol. The predicted octanol–water partition coefficient (Wildman–Crippen LogP) is 3.90. The molecule has 0 saturated carbocycles. The highest BCUT2D eigenvalue weighted by Gasteiger charge is 2.08. The summed E-state index contributed by atoms with van der Waals surface area (Å²) in [4.78, 5) is 20.3. The average molecular weight is 346 g/mol. The summed E-state index contributed by atoms with van der Waals surface area (Å²) in [6, 6.07) is 14.2. The van der Waals surface area contributed by atoms with Crippen LogP contribution in [0.4, 0.5) is 5.69 Å². The Morgan fingerprint density at radius 1 is 1.08 bits per heavy atom. The zero-order valence-electron chi connectivity index (χ0n) is 13.6. The van der Waals surface area contributed by atoms with Crippen molar-refractivity contribution in [3.05, 3.63) is 85.3 Å². The number of anilines is 1. The van der Waals surface area contributed by atoms with Crippen LogP contribution in [-0.4, -0.2) is 20.4 Å². The van der Waals surface area contributed by atoms with Crippen molar-refractivity contribution in [2.24, 2.45) is 0 Å². The Kier molecular flexibility index (Phi) is 4.17. The lowest BCUT2D eigenvalue weighted by Gasteiger charge is -2.08. The molecule has 0 saturated heterocycles. The quantitative estimate of drug-likeness (QED) is 0.592. The van der Waals surface area contributed by atoms with Gasteiger partial charge in [0.05, 0.1) is 11.8 Å². The van der Waals surface area contributed by atoms with Gasteiger partial charge in [-0.1, -0.05) is 0 Å². The Labute approximate surface area is 148 Å². The fourth-order valence-electron chi connectivity index (χ4n) is 2.34. The van der Waals surface area contributed by atoms with Gasteiger partial charge in [0.25, 0.3) is 5.91 Å². The van der Waals surface area contributed by atoms with Crippen LogP contribution in [0, 0.1) is 0 Å². The lowest BCUT2D eigenvalue weighted by Crippen LogP contribution is -2.10. The number of hydrogen-bond acceptors (Lipinski definition) is 5. The van der Waals surface area contributed by atoms with Gasteiger partial charge < -0.3 is 19.0 Å². The Morgan fingerprint density at radius 3 is 2.62 bits per heavy atom. The minimum absolute atomic E-state index is 0.236. The molecule has 128 valence electrons. The number of nitrogens with zero attached hydrogens (tertiary/aromatic N) is 3. The number of nitrogens with one attached hydrogen (secondary N) is 1. The molecule has 1 N–H and O–H groups in total. The van der Waals surface area contributed by atoms with Crippen molar-refractivity contribution < 1.29 is 13.9 Å². The summed E-state index contributed by atoms with van der Waals surface area (Å²) < 4.78 is 12.5. The summed E-state index contributed by atoms with van der Waals surface area (Å²) in [6.07, 6.45) is 8.08. The zero-order chi connectivity index (χ0) is 17.8. The number of aromatic nitrogens is 3. The van der Waals surface area contributed by atoms with Crippen molar-refractivity contribution in [1.82, 2.24) is 14.5 Å². The number of carbonyl (C=O) groups excluding carboxylic acids is 1. The minimum atomic E-state index is -0.236. The van der Waals surface area contributed by atoms with Crippen LogP contribution in [0.2, 0.25) is 0 Å².